The van der Waals surface area contributed by atoms with Crippen LogP contribution in [0.4, 0.5) is 16.4 Å². The van der Waals surface area contributed by atoms with Gasteiger partial charge in [0.1, 0.15) is 10.7 Å². The van der Waals surface area contributed by atoms with Crippen molar-refractivity contribution < 1.29 is 14.5 Å². The van der Waals surface area contributed by atoms with Crippen molar-refractivity contribution in [3.63, 3.8) is 0 Å². The number of nitrogens with one attached hydrogen (secondary N) is 1. The molecule has 0 saturated carbocycles. The summed E-state index contributed by atoms with van der Waals surface area (Å²) in [6.07, 6.45) is 5.73. The summed E-state index contributed by atoms with van der Waals surface area (Å²) in [7, 11) is 0. The second-order valence-corrected chi connectivity index (χ2v) is 8.49. The minimum Gasteiger partial charge on any atom is -0.366 e. The minimum absolute atomic E-state index is 0.0802. The summed E-state index contributed by atoms with van der Waals surface area (Å²) < 4.78 is 0. The molecule has 1 aliphatic heterocycles. The van der Waals surface area contributed by atoms with Crippen molar-refractivity contribution >= 4 is 39.5 Å². The molecule has 29 heavy (non-hydrogen) atoms. The Hall–Kier alpha value is -2.94. The van der Waals surface area contributed by atoms with Gasteiger partial charge in [0.15, 0.2) is 0 Å². The number of hydrogen-bond acceptors (Lipinski definition) is 6. The van der Waals surface area contributed by atoms with Crippen LogP contribution in [0.2, 0.25) is 0 Å². The first-order chi connectivity index (χ1) is 14.0. The van der Waals surface area contributed by atoms with Crippen molar-refractivity contribution in [3.05, 3.63) is 49.9 Å². The monoisotopic (exact) mass is 414 g/mol. The summed E-state index contributed by atoms with van der Waals surface area (Å²) in [6, 6.07) is 4.55. The van der Waals surface area contributed by atoms with Crippen molar-refractivity contribution in [1.29, 1.82) is 0 Å². The van der Waals surface area contributed by atoms with Crippen LogP contribution < -0.4 is 16.0 Å². The van der Waals surface area contributed by atoms with Crippen molar-refractivity contribution in [2.45, 2.75) is 38.5 Å². The zero-order valence-corrected chi connectivity index (χ0v) is 16.7. The number of nitro groups is 1. The van der Waals surface area contributed by atoms with Gasteiger partial charge in [0.2, 0.25) is 0 Å². The standard InChI is InChI=1S/C20H22N4O4S/c21-18(25)17-13-5-4-6-16(13)29-20(17)22-19(26)12-7-8-14(15(11-12)24(27)28)23-9-2-1-3-10-23/h7-8,11H,1-6,9-10H2,(H2,21,25)(H,22,26). The second kappa shape index (κ2) is 7.82. The van der Waals surface area contributed by atoms with E-state index in [2.05, 4.69) is 5.32 Å². The molecule has 8 nitrogen and oxygen atoms in total. The predicted molar refractivity (Wildman–Crippen MR) is 112 cm³/mol. The lowest BCUT2D eigenvalue weighted by molar-refractivity contribution is -0.384. The number of fused-ring (bicyclic) bond motifs is 1. The largest absolute Gasteiger partial charge is 0.366 e. The van der Waals surface area contributed by atoms with Crippen LogP contribution in [0.15, 0.2) is 18.2 Å². The molecule has 0 bridgehead atoms. The number of carbonyl (C=O) groups is 2. The first-order valence-corrected chi connectivity index (χ1v) is 10.6. The Kier molecular flexibility index (Phi) is 5.23. The SMILES string of the molecule is NC(=O)c1c(NC(=O)c2ccc(N3CCCCC3)c([N+](=O)[O-])c2)sc2c1CCC2. The summed E-state index contributed by atoms with van der Waals surface area (Å²) in [5.41, 5.74) is 7.47. The van der Waals surface area contributed by atoms with Gasteiger partial charge in [-0.3, -0.25) is 19.7 Å². The van der Waals surface area contributed by atoms with E-state index >= 15 is 0 Å². The maximum absolute atomic E-state index is 12.8. The van der Waals surface area contributed by atoms with Crippen LogP contribution in [-0.4, -0.2) is 29.8 Å². The number of anilines is 2. The lowest BCUT2D eigenvalue weighted by Crippen LogP contribution is -2.30. The summed E-state index contributed by atoms with van der Waals surface area (Å²) >= 11 is 1.36. The molecule has 3 N–H and O–H groups in total. The number of hydrogen-bond donors (Lipinski definition) is 2. The first kappa shape index (κ1) is 19.4. The summed E-state index contributed by atoms with van der Waals surface area (Å²) in [4.78, 5) is 38.9. The summed E-state index contributed by atoms with van der Waals surface area (Å²) in [6.45, 7) is 1.55. The van der Waals surface area contributed by atoms with Crippen LogP contribution in [0, 0.1) is 10.1 Å². The molecule has 2 amide bonds. The minimum atomic E-state index is -0.564. The highest BCUT2D eigenvalue weighted by atomic mass is 32.1. The second-order valence-electron chi connectivity index (χ2n) is 7.39. The fourth-order valence-electron chi connectivity index (χ4n) is 4.14. The van der Waals surface area contributed by atoms with Crippen LogP contribution in [0.5, 0.6) is 0 Å². The predicted octanol–water partition coefficient (Wildman–Crippen LogP) is 3.49. The van der Waals surface area contributed by atoms with E-state index in [1.165, 1.54) is 17.4 Å². The molecule has 9 heteroatoms. The molecule has 1 saturated heterocycles. The number of nitro benzene ring substituents is 1. The highest BCUT2D eigenvalue weighted by molar-refractivity contribution is 7.17. The number of carbonyl (C=O) groups excluding carboxylic acids is 2. The third kappa shape index (κ3) is 3.69. The summed E-state index contributed by atoms with van der Waals surface area (Å²) in [5, 5.41) is 14.8. The molecule has 1 fully saturated rings. The molecule has 4 rings (SSSR count). The molecule has 152 valence electrons. The molecule has 0 radical (unpaired) electrons. The topological polar surface area (TPSA) is 119 Å². The van der Waals surface area contributed by atoms with Crippen LogP contribution in [0.25, 0.3) is 0 Å². The number of aryl methyl sites for hydroxylation is 1. The third-order valence-corrected chi connectivity index (χ3v) is 6.73. The third-order valence-electron chi connectivity index (χ3n) is 5.53. The number of primary amides is 1. The quantitative estimate of drug-likeness (QED) is 0.573. The number of thiophene rings is 1. The molecule has 1 aliphatic carbocycles. The molecule has 1 aromatic carbocycles. The Balaban J connectivity index is 1.62. The fourth-order valence-corrected chi connectivity index (χ4v) is 5.43. The Labute approximate surface area is 171 Å². The average molecular weight is 414 g/mol. The molecule has 2 heterocycles. The first-order valence-electron chi connectivity index (χ1n) is 9.75. The highest BCUT2D eigenvalue weighted by Gasteiger charge is 2.27. The number of amides is 2. The van der Waals surface area contributed by atoms with Crippen molar-refractivity contribution in [2.75, 3.05) is 23.3 Å². The van der Waals surface area contributed by atoms with Gasteiger partial charge in [0.05, 0.1) is 10.5 Å². The van der Waals surface area contributed by atoms with E-state index in [4.69, 9.17) is 5.73 Å². The molecule has 2 aromatic rings. The maximum Gasteiger partial charge on any atom is 0.293 e. The van der Waals surface area contributed by atoms with E-state index in [0.717, 1.165) is 62.1 Å². The van der Waals surface area contributed by atoms with Gasteiger partial charge in [-0.25, -0.2) is 0 Å². The lowest BCUT2D eigenvalue weighted by atomic mass is 10.1. The van der Waals surface area contributed by atoms with Crippen LogP contribution in [-0.2, 0) is 12.8 Å². The van der Waals surface area contributed by atoms with Gasteiger partial charge in [0, 0.05) is 29.6 Å². The Morgan fingerprint density at radius 1 is 1.14 bits per heavy atom. The molecule has 0 atom stereocenters. The molecular weight excluding hydrogens is 392 g/mol. The van der Waals surface area contributed by atoms with Gasteiger partial charge in [-0.05, 0) is 56.2 Å². The zero-order chi connectivity index (χ0) is 20.5. The Morgan fingerprint density at radius 3 is 2.59 bits per heavy atom. The van der Waals surface area contributed by atoms with Gasteiger partial charge < -0.3 is 16.0 Å². The van der Waals surface area contributed by atoms with Gasteiger partial charge in [0.25, 0.3) is 17.5 Å². The highest BCUT2D eigenvalue weighted by Crippen LogP contribution is 2.39. The molecule has 1 aromatic heterocycles. The number of benzene rings is 1. The van der Waals surface area contributed by atoms with Crippen molar-refractivity contribution in [2.24, 2.45) is 5.73 Å². The van der Waals surface area contributed by atoms with E-state index < -0.39 is 16.7 Å². The van der Waals surface area contributed by atoms with Gasteiger partial charge in [-0.15, -0.1) is 11.3 Å². The van der Waals surface area contributed by atoms with Crippen molar-refractivity contribution in [1.82, 2.24) is 0 Å². The lowest BCUT2D eigenvalue weighted by Gasteiger charge is -2.28. The van der Waals surface area contributed by atoms with Gasteiger partial charge in [-0.1, -0.05) is 0 Å². The number of nitrogens with two attached hydrogens (primary N) is 1. The average Bonchev–Trinajstić information content (AvgIpc) is 3.28. The van der Waals surface area contributed by atoms with Gasteiger partial charge >= 0.3 is 0 Å². The molecule has 0 unspecified atom stereocenters. The number of rotatable bonds is 5. The van der Waals surface area contributed by atoms with Gasteiger partial charge in [-0.2, -0.15) is 0 Å². The summed E-state index contributed by atoms with van der Waals surface area (Å²) in [5.74, 6) is -1.05. The number of piperidine rings is 1. The maximum atomic E-state index is 12.8. The van der Waals surface area contributed by atoms with E-state index in [1.807, 2.05) is 4.90 Å². The smallest absolute Gasteiger partial charge is 0.293 e. The molecule has 0 spiro atoms. The normalized spacial score (nSPS) is 15.8. The van der Waals surface area contributed by atoms with E-state index in [1.54, 1.807) is 12.1 Å². The Morgan fingerprint density at radius 2 is 1.90 bits per heavy atom. The zero-order valence-electron chi connectivity index (χ0n) is 15.9. The van der Waals surface area contributed by atoms with Crippen LogP contribution >= 0.6 is 11.3 Å². The fraction of sp³-hybridized carbons (Fsp3) is 0.400. The van der Waals surface area contributed by atoms with E-state index in [-0.39, 0.29) is 11.3 Å². The van der Waals surface area contributed by atoms with E-state index in [0.29, 0.717) is 16.3 Å². The van der Waals surface area contributed by atoms with Crippen LogP contribution in [0.1, 0.15) is 56.8 Å². The Bertz CT molecular complexity index is 995. The van der Waals surface area contributed by atoms with E-state index in [9.17, 15) is 19.7 Å². The van der Waals surface area contributed by atoms with Crippen LogP contribution in [0.3, 0.4) is 0 Å². The molecule has 2 aliphatic rings. The van der Waals surface area contributed by atoms with Crippen molar-refractivity contribution in [3.8, 4) is 0 Å². The number of nitrogens with zero attached hydrogens (tertiary/aromatic N) is 2. The molecular formula is C20H22N4O4S.